The molecular formula is C12H14N2OS. The third-order valence-electron chi connectivity index (χ3n) is 2.36. The maximum atomic E-state index is 12.0. The van der Waals surface area contributed by atoms with Crippen LogP contribution >= 0.6 is 12.6 Å². The van der Waals surface area contributed by atoms with E-state index in [2.05, 4.69) is 12.6 Å². The van der Waals surface area contributed by atoms with Crippen molar-refractivity contribution in [3.8, 4) is 6.07 Å². The SMILES string of the molecule is Cc1ccc(S)cc1C(=O)N(C)CCC#N. The molecule has 0 aliphatic rings. The van der Waals surface area contributed by atoms with Gasteiger partial charge in [0, 0.05) is 24.1 Å². The van der Waals surface area contributed by atoms with E-state index in [4.69, 9.17) is 5.26 Å². The summed E-state index contributed by atoms with van der Waals surface area (Å²) in [6.07, 6.45) is 0.349. The first-order chi connectivity index (χ1) is 7.56. The second kappa shape index (κ2) is 5.57. The minimum atomic E-state index is -0.0661. The summed E-state index contributed by atoms with van der Waals surface area (Å²) in [7, 11) is 1.70. The fourth-order valence-corrected chi connectivity index (χ4v) is 1.57. The third kappa shape index (κ3) is 3.01. The molecule has 1 aromatic rings. The summed E-state index contributed by atoms with van der Waals surface area (Å²) in [6, 6.07) is 7.50. The number of benzene rings is 1. The molecule has 0 saturated heterocycles. The van der Waals surface area contributed by atoms with Crippen molar-refractivity contribution in [1.82, 2.24) is 4.90 Å². The van der Waals surface area contributed by atoms with Crippen molar-refractivity contribution in [2.45, 2.75) is 18.2 Å². The van der Waals surface area contributed by atoms with E-state index in [-0.39, 0.29) is 5.91 Å². The number of hydrogen-bond acceptors (Lipinski definition) is 3. The Morgan fingerprint density at radius 1 is 1.56 bits per heavy atom. The van der Waals surface area contributed by atoms with E-state index >= 15 is 0 Å². The van der Waals surface area contributed by atoms with Crippen molar-refractivity contribution in [2.75, 3.05) is 13.6 Å². The van der Waals surface area contributed by atoms with E-state index in [0.717, 1.165) is 10.5 Å². The van der Waals surface area contributed by atoms with E-state index in [1.807, 2.05) is 25.1 Å². The normalized spacial score (nSPS) is 9.62. The Hall–Kier alpha value is -1.47. The van der Waals surface area contributed by atoms with Gasteiger partial charge < -0.3 is 4.90 Å². The van der Waals surface area contributed by atoms with Gasteiger partial charge in [-0.15, -0.1) is 12.6 Å². The van der Waals surface area contributed by atoms with Gasteiger partial charge in [-0.05, 0) is 24.6 Å². The summed E-state index contributed by atoms with van der Waals surface area (Å²) < 4.78 is 0. The number of amides is 1. The summed E-state index contributed by atoms with van der Waals surface area (Å²) in [6.45, 7) is 2.34. The molecule has 3 nitrogen and oxygen atoms in total. The van der Waals surface area contributed by atoms with E-state index in [1.54, 1.807) is 18.0 Å². The number of carbonyl (C=O) groups is 1. The average Bonchev–Trinajstić information content (AvgIpc) is 2.28. The monoisotopic (exact) mass is 234 g/mol. The van der Waals surface area contributed by atoms with Gasteiger partial charge in [-0.3, -0.25) is 4.79 Å². The summed E-state index contributed by atoms with van der Waals surface area (Å²) >= 11 is 4.21. The number of aryl methyl sites for hydroxylation is 1. The molecule has 16 heavy (non-hydrogen) atoms. The maximum absolute atomic E-state index is 12.0. The van der Waals surface area contributed by atoms with Crippen LogP contribution in [0.15, 0.2) is 23.1 Å². The Balaban J connectivity index is 2.88. The zero-order chi connectivity index (χ0) is 12.1. The van der Waals surface area contributed by atoms with Crippen LogP contribution in [0.1, 0.15) is 22.3 Å². The lowest BCUT2D eigenvalue weighted by atomic mass is 10.1. The number of hydrogen-bond donors (Lipinski definition) is 1. The third-order valence-corrected chi connectivity index (χ3v) is 2.64. The molecule has 0 saturated carbocycles. The van der Waals surface area contributed by atoms with Crippen molar-refractivity contribution < 1.29 is 4.79 Å². The largest absolute Gasteiger partial charge is 0.341 e. The fraction of sp³-hybridized carbons (Fsp3) is 0.333. The molecular weight excluding hydrogens is 220 g/mol. The van der Waals surface area contributed by atoms with Gasteiger partial charge in [0.15, 0.2) is 0 Å². The van der Waals surface area contributed by atoms with Gasteiger partial charge in [0.25, 0.3) is 5.91 Å². The van der Waals surface area contributed by atoms with Gasteiger partial charge in [-0.25, -0.2) is 0 Å². The van der Waals surface area contributed by atoms with E-state index in [1.165, 1.54) is 0 Å². The van der Waals surface area contributed by atoms with E-state index < -0.39 is 0 Å². The predicted molar refractivity (Wildman–Crippen MR) is 65.6 cm³/mol. The Morgan fingerprint density at radius 2 is 2.25 bits per heavy atom. The highest BCUT2D eigenvalue weighted by Gasteiger charge is 2.13. The first-order valence-corrected chi connectivity index (χ1v) is 5.43. The van der Waals surface area contributed by atoms with Gasteiger partial charge in [-0.2, -0.15) is 5.26 Å². The maximum Gasteiger partial charge on any atom is 0.253 e. The molecule has 0 aliphatic heterocycles. The van der Waals surface area contributed by atoms with Crippen LogP contribution in [0.3, 0.4) is 0 Å². The van der Waals surface area contributed by atoms with E-state index in [0.29, 0.717) is 18.5 Å². The molecule has 0 bridgehead atoms. The molecule has 1 amide bonds. The molecule has 0 aromatic heterocycles. The second-order valence-electron chi connectivity index (χ2n) is 3.63. The van der Waals surface area contributed by atoms with Gasteiger partial charge in [-0.1, -0.05) is 6.07 Å². The predicted octanol–water partition coefficient (Wildman–Crippen LogP) is 2.27. The Labute approximate surface area is 101 Å². The Morgan fingerprint density at radius 3 is 2.88 bits per heavy atom. The molecule has 84 valence electrons. The van der Waals surface area contributed by atoms with Crippen LogP contribution in [0.4, 0.5) is 0 Å². The minimum absolute atomic E-state index is 0.0661. The number of thiol groups is 1. The van der Waals surface area contributed by atoms with Gasteiger partial charge in [0.05, 0.1) is 12.5 Å². The Bertz CT molecular complexity index is 437. The van der Waals surface area contributed by atoms with Crippen LogP contribution in [0.2, 0.25) is 0 Å². The minimum Gasteiger partial charge on any atom is -0.341 e. The highest BCUT2D eigenvalue weighted by molar-refractivity contribution is 7.80. The van der Waals surface area contributed by atoms with E-state index in [9.17, 15) is 4.79 Å². The van der Waals surface area contributed by atoms with Crippen molar-refractivity contribution in [3.63, 3.8) is 0 Å². The number of carbonyl (C=O) groups excluding carboxylic acids is 1. The molecule has 1 rings (SSSR count). The number of nitrogens with zero attached hydrogens (tertiary/aromatic N) is 2. The highest BCUT2D eigenvalue weighted by atomic mass is 32.1. The zero-order valence-electron chi connectivity index (χ0n) is 9.40. The molecule has 0 aliphatic carbocycles. The first kappa shape index (κ1) is 12.6. The zero-order valence-corrected chi connectivity index (χ0v) is 10.3. The fourth-order valence-electron chi connectivity index (χ4n) is 1.37. The average molecular weight is 234 g/mol. The molecule has 0 heterocycles. The summed E-state index contributed by atoms with van der Waals surface area (Å²) in [5, 5.41) is 8.47. The van der Waals surface area contributed by atoms with Crippen molar-refractivity contribution in [3.05, 3.63) is 29.3 Å². The summed E-state index contributed by atoms with van der Waals surface area (Å²) in [5.74, 6) is -0.0661. The lowest BCUT2D eigenvalue weighted by Gasteiger charge is -2.17. The Kier molecular flexibility index (Phi) is 4.39. The first-order valence-electron chi connectivity index (χ1n) is 4.98. The van der Waals surface area contributed by atoms with Crippen LogP contribution in [-0.2, 0) is 0 Å². The van der Waals surface area contributed by atoms with Crippen molar-refractivity contribution in [2.24, 2.45) is 0 Å². The van der Waals surface area contributed by atoms with Gasteiger partial charge in [0.2, 0.25) is 0 Å². The molecule has 0 N–H and O–H groups in total. The van der Waals surface area contributed by atoms with Crippen LogP contribution in [0.25, 0.3) is 0 Å². The molecule has 0 radical (unpaired) electrons. The van der Waals surface area contributed by atoms with Gasteiger partial charge >= 0.3 is 0 Å². The lowest BCUT2D eigenvalue weighted by Crippen LogP contribution is -2.28. The molecule has 0 atom stereocenters. The quantitative estimate of drug-likeness (QED) is 0.815. The topological polar surface area (TPSA) is 44.1 Å². The van der Waals surface area contributed by atoms with Crippen LogP contribution in [-0.4, -0.2) is 24.4 Å². The lowest BCUT2D eigenvalue weighted by molar-refractivity contribution is 0.0797. The second-order valence-corrected chi connectivity index (χ2v) is 4.15. The standard InChI is InChI=1S/C12H14N2OS/c1-9-4-5-10(16)8-11(9)12(15)14(2)7-3-6-13/h4-5,8,16H,3,7H2,1-2H3. The summed E-state index contributed by atoms with van der Waals surface area (Å²) in [5.41, 5.74) is 1.57. The summed E-state index contributed by atoms with van der Waals surface area (Å²) in [4.78, 5) is 14.3. The van der Waals surface area contributed by atoms with Crippen LogP contribution in [0, 0.1) is 18.3 Å². The van der Waals surface area contributed by atoms with Gasteiger partial charge in [0.1, 0.15) is 0 Å². The number of nitriles is 1. The molecule has 4 heteroatoms. The van der Waals surface area contributed by atoms with Crippen LogP contribution in [0.5, 0.6) is 0 Å². The molecule has 0 unspecified atom stereocenters. The highest BCUT2D eigenvalue weighted by Crippen LogP contribution is 2.15. The molecule has 0 spiro atoms. The van der Waals surface area contributed by atoms with Crippen LogP contribution < -0.4 is 0 Å². The molecule has 1 aromatic carbocycles. The van der Waals surface area contributed by atoms with Crippen molar-refractivity contribution >= 4 is 18.5 Å². The number of rotatable bonds is 3. The molecule has 0 fully saturated rings. The van der Waals surface area contributed by atoms with Crippen molar-refractivity contribution in [1.29, 1.82) is 5.26 Å². The smallest absolute Gasteiger partial charge is 0.253 e.